The van der Waals surface area contributed by atoms with Gasteiger partial charge in [0.15, 0.2) is 0 Å². The van der Waals surface area contributed by atoms with E-state index >= 15 is 0 Å². The predicted octanol–water partition coefficient (Wildman–Crippen LogP) is 3.65. The van der Waals surface area contributed by atoms with Gasteiger partial charge in [0, 0.05) is 16.5 Å². The largest absolute Gasteiger partial charge is 0.444 e. The number of rotatable bonds is 4. The number of benzene rings is 1. The molecule has 116 valence electrons. The molecule has 1 aromatic heterocycles. The van der Waals surface area contributed by atoms with Crippen molar-refractivity contribution >= 4 is 23.7 Å². The van der Waals surface area contributed by atoms with Crippen molar-refractivity contribution in [1.82, 2.24) is 10.3 Å². The maximum absolute atomic E-state index is 11.6. The van der Waals surface area contributed by atoms with Gasteiger partial charge in [0.25, 0.3) is 0 Å². The summed E-state index contributed by atoms with van der Waals surface area (Å²) < 4.78 is 5.17. The van der Waals surface area contributed by atoms with Crippen LogP contribution in [0.5, 0.6) is 0 Å². The van der Waals surface area contributed by atoms with Crippen LogP contribution in [0.3, 0.4) is 0 Å². The van der Waals surface area contributed by atoms with Crippen LogP contribution in [0.25, 0.3) is 11.3 Å². The highest BCUT2D eigenvalue weighted by Crippen LogP contribution is 2.22. The second-order valence-electron chi connectivity index (χ2n) is 5.73. The molecule has 5 nitrogen and oxygen atoms in total. The molecule has 0 spiro atoms. The molecule has 2 aromatic rings. The van der Waals surface area contributed by atoms with E-state index in [0.717, 1.165) is 22.6 Å². The molecule has 0 saturated carbocycles. The molecule has 0 saturated heterocycles. The summed E-state index contributed by atoms with van der Waals surface area (Å²) in [5, 5.41) is 5.35. The van der Waals surface area contributed by atoms with Crippen molar-refractivity contribution < 1.29 is 14.3 Å². The van der Waals surface area contributed by atoms with Gasteiger partial charge in [-0.05, 0) is 26.8 Å². The van der Waals surface area contributed by atoms with Gasteiger partial charge in [-0.15, -0.1) is 11.3 Å². The molecule has 1 aromatic carbocycles. The molecule has 0 unspecified atom stereocenters. The predicted molar refractivity (Wildman–Crippen MR) is 86.0 cm³/mol. The minimum absolute atomic E-state index is 0.312. The lowest BCUT2D eigenvalue weighted by Crippen LogP contribution is -2.32. The number of ether oxygens (including phenoxy) is 1. The molecule has 22 heavy (non-hydrogen) atoms. The van der Waals surface area contributed by atoms with E-state index in [9.17, 15) is 9.59 Å². The van der Waals surface area contributed by atoms with Gasteiger partial charge in [-0.3, -0.25) is 4.79 Å². The average molecular weight is 318 g/mol. The number of hydrogen-bond donors (Lipinski definition) is 1. The van der Waals surface area contributed by atoms with Gasteiger partial charge in [0.05, 0.1) is 12.2 Å². The average Bonchev–Trinajstić information content (AvgIpc) is 2.92. The number of amides is 1. The number of aldehydes is 1. The zero-order valence-electron chi connectivity index (χ0n) is 12.8. The van der Waals surface area contributed by atoms with Crippen molar-refractivity contribution in [2.45, 2.75) is 32.9 Å². The van der Waals surface area contributed by atoms with Crippen molar-refractivity contribution in [2.75, 3.05) is 0 Å². The van der Waals surface area contributed by atoms with Crippen LogP contribution in [0, 0.1) is 0 Å². The Morgan fingerprint density at radius 2 is 2.18 bits per heavy atom. The first kappa shape index (κ1) is 16.2. The van der Waals surface area contributed by atoms with Gasteiger partial charge in [0.2, 0.25) is 0 Å². The maximum atomic E-state index is 11.6. The van der Waals surface area contributed by atoms with Crippen LogP contribution in [0.15, 0.2) is 29.6 Å². The topological polar surface area (TPSA) is 68.3 Å². The summed E-state index contributed by atoms with van der Waals surface area (Å²) in [5.41, 5.74) is 1.76. The molecule has 0 radical (unpaired) electrons. The Balaban J connectivity index is 1.99. The minimum atomic E-state index is -0.520. The fourth-order valence-electron chi connectivity index (χ4n) is 1.76. The van der Waals surface area contributed by atoms with Gasteiger partial charge in [0.1, 0.15) is 16.9 Å². The summed E-state index contributed by atoms with van der Waals surface area (Å²) in [7, 11) is 0. The molecule has 6 heteroatoms. The Morgan fingerprint density at radius 3 is 2.86 bits per heavy atom. The number of carbonyl (C=O) groups is 2. The first-order chi connectivity index (χ1) is 10.4. The van der Waals surface area contributed by atoms with Crippen LogP contribution in [0.2, 0.25) is 0 Å². The van der Waals surface area contributed by atoms with Crippen molar-refractivity contribution in [3.05, 3.63) is 40.2 Å². The Labute approximate surface area is 133 Å². The van der Waals surface area contributed by atoms with E-state index < -0.39 is 11.7 Å². The second-order valence-corrected chi connectivity index (χ2v) is 6.67. The highest BCUT2D eigenvalue weighted by atomic mass is 32.1. The summed E-state index contributed by atoms with van der Waals surface area (Å²) in [6.45, 7) is 5.75. The molecule has 0 atom stereocenters. The van der Waals surface area contributed by atoms with Crippen LogP contribution < -0.4 is 5.32 Å². The van der Waals surface area contributed by atoms with E-state index in [0.29, 0.717) is 12.1 Å². The fraction of sp³-hybridized carbons (Fsp3) is 0.312. The van der Waals surface area contributed by atoms with Crippen LogP contribution in [0.4, 0.5) is 4.79 Å². The zero-order chi connectivity index (χ0) is 16.2. The maximum Gasteiger partial charge on any atom is 0.408 e. The lowest BCUT2D eigenvalue weighted by molar-refractivity contribution is 0.0523. The third-order valence-electron chi connectivity index (χ3n) is 2.65. The molecule has 1 heterocycles. The summed E-state index contributed by atoms with van der Waals surface area (Å²) >= 11 is 1.45. The Hall–Kier alpha value is -2.21. The Kier molecular flexibility index (Phi) is 4.92. The van der Waals surface area contributed by atoms with Gasteiger partial charge in [-0.2, -0.15) is 0 Å². The summed E-state index contributed by atoms with van der Waals surface area (Å²) in [4.78, 5) is 26.9. The van der Waals surface area contributed by atoms with Crippen LogP contribution in [-0.2, 0) is 11.3 Å². The van der Waals surface area contributed by atoms with Crippen molar-refractivity contribution in [2.24, 2.45) is 0 Å². The van der Waals surface area contributed by atoms with E-state index in [1.165, 1.54) is 11.3 Å². The molecule has 0 aliphatic rings. The van der Waals surface area contributed by atoms with Crippen molar-refractivity contribution in [3.8, 4) is 11.3 Å². The highest BCUT2D eigenvalue weighted by molar-refractivity contribution is 7.09. The first-order valence-electron chi connectivity index (χ1n) is 6.84. The Morgan fingerprint density at radius 1 is 1.41 bits per heavy atom. The second kappa shape index (κ2) is 6.70. The molecular weight excluding hydrogens is 300 g/mol. The number of nitrogens with zero attached hydrogens (tertiary/aromatic N) is 1. The lowest BCUT2D eigenvalue weighted by Gasteiger charge is -2.19. The monoisotopic (exact) mass is 318 g/mol. The summed E-state index contributed by atoms with van der Waals surface area (Å²) in [5.74, 6) is 0. The molecular formula is C16H18N2O3S. The minimum Gasteiger partial charge on any atom is -0.444 e. The number of aromatic nitrogens is 1. The fourth-order valence-corrected chi connectivity index (χ4v) is 2.50. The van der Waals surface area contributed by atoms with Crippen molar-refractivity contribution in [1.29, 1.82) is 0 Å². The molecule has 1 amide bonds. The van der Waals surface area contributed by atoms with Gasteiger partial charge >= 0.3 is 6.09 Å². The number of hydrogen-bond acceptors (Lipinski definition) is 5. The van der Waals surface area contributed by atoms with Crippen LogP contribution in [0.1, 0.15) is 36.1 Å². The van der Waals surface area contributed by atoms with E-state index in [1.54, 1.807) is 12.1 Å². The molecule has 1 N–H and O–H groups in total. The SMILES string of the molecule is CC(C)(C)OC(=O)NCc1nc(-c2cccc(C=O)c2)cs1. The van der Waals surface area contributed by atoms with E-state index in [-0.39, 0.29) is 0 Å². The van der Waals surface area contributed by atoms with Crippen LogP contribution >= 0.6 is 11.3 Å². The summed E-state index contributed by atoms with van der Waals surface area (Å²) in [6, 6.07) is 7.24. The van der Waals surface area contributed by atoms with Crippen molar-refractivity contribution in [3.63, 3.8) is 0 Å². The lowest BCUT2D eigenvalue weighted by atomic mass is 10.1. The number of nitrogens with one attached hydrogen (secondary N) is 1. The third-order valence-corrected chi connectivity index (χ3v) is 3.50. The molecule has 0 bridgehead atoms. The Bertz CT molecular complexity index is 674. The van der Waals surface area contributed by atoms with E-state index in [2.05, 4.69) is 10.3 Å². The quantitative estimate of drug-likeness (QED) is 0.874. The van der Waals surface area contributed by atoms with Gasteiger partial charge in [-0.1, -0.05) is 18.2 Å². The third kappa shape index (κ3) is 4.66. The molecule has 2 rings (SSSR count). The number of thiazole rings is 1. The first-order valence-corrected chi connectivity index (χ1v) is 7.72. The van der Waals surface area contributed by atoms with Gasteiger partial charge in [-0.25, -0.2) is 9.78 Å². The molecule has 0 aliphatic heterocycles. The highest BCUT2D eigenvalue weighted by Gasteiger charge is 2.16. The van der Waals surface area contributed by atoms with E-state index in [4.69, 9.17) is 4.74 Å². The van der Waals surface area contributed by atoms with Gasteiger partial charge < -0.3 is 10.1 Å². The smallest absolute Gasteiger partial charge is 0.408 e. The number of alkyl carbamates (subject to hydrolysis) is 1. The summed E-state index contributed by atoms with van der Waals surface area (Å²) in [6.07, 6.45) is 0.341. The molecule has 0 aliphatic carbocycles. The standard InChI is InChI=1S/C16H18N2O3S/c1-16(2,3)21-15(20)17-8-14-18-13(10-22-14)12-6-4-5-11(7-12)9-19/h4-7,9-10H,8H2,1-3H3,(H,17,20). The zero-order valence-corrected chi connectivity index (χ0v) is 13.6. The number of carbonyl (C=O) groups excluding carboxylic acids is 2. The van der Waals surface area contributed by atoms with Crippen LogP contribution in [-0.4, -0.2) is 23.0 Å². The molecule has 0 fully saturated rings. The van der Waals surface area contributed by atoms with E-state index in [1.807, 2.05) is 38.3 Å². The normalized spacial score (nSPS) is 11.0.